The molecule has 5 atom stereocenters. The maximum atomic E-state index is 13.1. The minimum atomic E-state index is -4.96. The summed E-state index contributed by atoms with van der Waals surface area (Å²) in [4.78, 5) is 72.9. The SMILES string of the molecule is CCCCCCCCCCCCCCCCCCCCCC(=O)O[C@H](COC(=O)CCCCCCCCCCCCCCC(C)C)COP(=O)(O)OC[C@@H](O)COP(=O)(O)OC[C@@H](COC(=O)CCCCCCCCC(C)C)OC(=O)CCCCCCCCCCCCCCCC. The molecule has 0 aliphatic rings. The van der Waals surface area contributed by atoms with Crippen molar-refractivity contribution in [3.63, 3.8) is 0 Å². The van der Waals surface area contributed by atoms with Crippen LogP contribution in [0.25, 0.3) is 0 Å². The summed E-state index contributed by atoms with van der Waals surface area (Å²) in [5, 5.41) is 10.6. The van der Waals surface area contributed by atoms with Crippen LogP contribution in [0.3, 0.4) is 0 Å². The lowest BCUT2D eigenvalue weighted by atomic mass is 10.0. The number of phosphoric acid groups is 2. The molecule has 0 aromatic carbocycles. The quantitative estimate of drug-likeness (QED) is 0.0222. The molecule has 3 N–H and O–H groups in total. The molecule has 0 radical (unpaired) electrons. The van der Waals surface area contributed by atoms with Crippen molar-refractivity contribution in [2.24, 2.45) is 11.8 Å². The zero-order valence-corrected chi connectivity index (χ0v) is 65.2. The third-order valence-corrected chi connectivity index (χ3v) is 20.1. The van der Waals surface area contributed by atoms with E-state index in [4.69, 9.17) is 37.0 Å². The van der Waals surface area contributed by atoms with Gasteiger partial charge in [-0.3, -0.25) is 37.3 Å². The lowest BCUT2D eigenvalue weighted by Crippen LogP contribution is -2.30. The Morgan fingerprint density at radius 1 is 0.278 bits per heavy atom. The Hall–Kier alpha value is -1.94. The second-order valence-corrected chi connectivity index (χ2v) is 32.0. The number of rotatable bonds is 77. The molecular weight excluding hydrogens is 1270 g/mol. The van der Waals surface area contributed by atoms with Gasteiger partial charge in [-0.1, -0.05) is 356 Å². The van der Waals surface area contributed by atoms with Crippen molar-refractivity contribution < 1.29 is 80.2 Å². The molecule has 0 aliphatic heterocycles. The van der Waals surface area contributed by atoms with E-state index in [0.717, 1.165) is 102 Å². The maximum Gasteiger partial charge on any atom is 0.472 e. The number of aliphatic hydroxyl groups excluding tert-OH is 1. The second kappa shape index (κ2) is 69.8. The highest BCUT2D eigenvalue weighted by Crippen LogP contribution is 2.45. The molecule has 0 aromatic rings. The first-order valence-electron chi connectivity index (χ1n) is 40.5. The Balaban J connectivity index is 5.22. The fraction of sp³-hybridized carbons (Fsp3) is 0.949. The Morgan fingerprint density at radius 2 is 0.474 bits per heavy atom. The molecule has 0 heterocycles. The van der Waals surface area contributed by atoms with Crippen molar-refractivity contribution in [3.8, 4) is 0 Å². The molecule has 0 saturated heterocycles. The number of phosphoric ester groups is 2. The second-order valence-electron chi connectivity index (χ2n) is 29.1. The predicted octanol–water partition coefficient (Wildman–Crippen LogP) is 23.1. The lowest BCUT2D eigenvalue weighted by Gasteiger charge is -2.21. The molecule has 0 spiro atoms. The van der Waals surface area contributed by atoms with Crippen molar-refractivity contribution >= 4 is 39.5 Å². The van der Waals surface area contributed by atoms with Gasteiger partial charge in [0.15, 0.2) is 12.2 Å². The van der Waals surface area contributed by atoms with E-state index in [2.05, 4.69) is 41.5 Å². The number of unbranched alkanes of at least 4 members (excludes halogenated alkanes) is 47. The van der Waals surface area contributed by atoms with Crippen LogP contribution in [0.1, 0.15) is 408 Å². The van der Waals surface area contributed by atoms with E-state index >= 15 is 0 Å². The van der Waals surface area contributed by atoms with Gasteiger partial charge in [0, 0.05) is 25.7 Å². The van der Waals surface area contributed by atoms with E-state index in [0.29, 0.717) is 31.6 Å². The molecule has 0 rings (SSSR count). The molecule has 97 heavy (non-hydrogen) atoms. The average molecular weight is 1420 g/mol. The zero-order chi connectivity index (χ0) is 71.4. The van der Waals surface area contributed by atoms with Crippen LogP contribution in [0.5, 0.6) is 0 Å². The van der Waals surface area contributed by atoms with Gasteiger partial charge in [-0.25, -0.2) is 9.13 Å². The topological polar surface area (TPSA) is 237 Å². The van der Waals surface area contributed by atoms with Gasteiger partial charge < -0.3 is 33.8 Å². The fourth-order valence-electron chi connectivity index (χ4n) is 12.0. The summed E-state index contributed by atoms with van der Waals surface area (Å²) in [5.41, 5.74) is 0. The van der Waals surface area contributed by atoms with E-state index < -0.39 is 97.5 Å². The van der Waals surface area contributed by atoms with E-state index in [-0.39, 0.29) is 25.7 Å². The van der Waals surface area contributed by atoms with Crippen molar-refractivity contribution in [1.29, 1.82) is 0 Å². The lowest BCUT2D eigenvalue weighted by molar-refractivity contribution is -0.161. The van der Waals surface area contributed by atoms with E-state index in [1.165, 1.54) is 218 Å². The number of hydrogen-bond donors (Lipinski definition) is 3. The number of ether oxygens (including phenoxy) is 4. The van der Waals surface area contributed by atoms with E-state index in [1.807, 2.05) is 0 Å². The monoisotopic (exact) mass is 1420 g/mol. The van der Waals surface area contributed by atoms with Gasteiger partial charge in [-0.15, -0.1) is 0 Å². The Labute approximate surface area is 594 Å². The van der Waals surface area contributed by atoms with Gasteiger partial charge in [-0.2, -0.15) is 0 Å². The number of carbonyl (C=O) groups is 4. The summed E-state index contributed by atoms with van der Waals surface area (Å²) >= 11 is 0. The predicted molar refractivity (Wildman–Crippen MR) is 395 cm³/mol. The molecule has 0 fully saturated rings. The van der Waals surface area contributed by atoms with Crippen LogP contribution >= 0.6 is 15.6 Å². The van der Waals surface area contributed by atoms with Gasteiger partial charge in [0.1, 0.15) is 19.3 Å². The number of carbonyl (C=O) groups excluding carboxylic acids is 4. The van der Waals surface area contributed by atoms with Gasteiger partial charge in [0.25, 0.3) is 0 Å². The average Bonchev–Trinajstić information content (AvgIpc) is 3.43. The largest absolute Gasteiger partial charge is 0.472 e. The standard InChI is InChI=1S/C78H152O17P2/c1-7-9-11-13-15-17-19-21-23-24-25-26-27-29-35-39-43-51-57-63-77(82)94-73(66-88-75(80)60-54-48-41-37-33-31-30-32-36-40-46-52-58-70(3)4)68-92-96(84,85)90-64-72(79)65-91-97(86,87)93-69-74(67-89-76(81)61-55-49-45-44-47-53-59-71(5)6)95-78(83)62-56-50-42-38-34-28-22-20-18-16-14-12-10-8-2/h70-74,79H,7-69H2,1-6H3,(H,84,85)(H,86,87)/t72-,73-,74-/m1/s1. The van der Waals surface area contributed by atoms with E-state index in [9.17, 15) is 43.2 Å². The van der Waals surface area contributed by atoms with E-state index in [1.54, 1.807) is 0 Å². The third kappa shape index (κ3) is 72.2. The molecule has 0 aromatic heterocycles. The summed E-state index contributed by atoms with van der Waals surface area (Å²) < 4.78 is 68.6. The summed E-state index contributed by atoms with van der Waals surface area (Å²) in [6.07, 6.45) is 58.4. The normalized spacial score (nSPS) is 14.0. The van der Waals surface area contributed by atoms with Crippen LogP contribution in [-0.4, -0.2) is 96.7 Å². The van der Waals surface area contributed by atoms with Gasteiger partial charge in [0.05, 0.1) is 26.4 Å². The summed E-state index contributed by atoms with van der Waals surface area (Å²) in [6, 6.07) is 0. The Morgan fingerprint density at radius 3 is 0.701 bits per heavy atom. The summed E-state index contributed by atoms with van der Waals surface area (Å²) in [6.45, 7) is 9.55. The maximum absolute atomic E-state index is 13.1. The minimum absolute atomic E-state index is 0.107. The van der Waals surface area contributed by atoms with Gasteiger partial charge in [0.2, 0.25) is 0 Å². The molecule has 17 nitrogen and oxygen atoms in total. The van der Waals surface area contributed by atoms with Crippen LogP contribution < -0.4 is 0 Å². The van der Waals surface area contributed by atoms with Crippen molar-refractivity contribution in [2.45, 2.75) is 426 Å². The number of hydrogen-bond acceptors (Lipinski definition) is 15. The number of aliphatic hydroxyl groups is 1. The molecule has 0 saturated carbocycles. The Kier molecular flexibility index (Phi) is 68.4. The van der Waals surface area contributed by atoms with Crippen LogP contribution in [-0.2, 0) is 65.4 Å². The highest BCUT2D eigenvalue weighted by atomic mass is 31.2. The van der Waals surface area contributed by atoms with Crippen molar-refractivity contribution in [1.82, 2.24) is 0 Å². The molecule has 0 bridgehead atoms. The third-order valence-electron chi connectivity index (χ3n) is 18.2. The molecule has 0 aliphatic carbocycles. The highest BCUT2D eigenvalue weighted by molar-refractivity contribution is 7.47. The van der Waals surface area contributed by atoms with Crippen LogP contribution in [0.2, 0.25) is 0 Å². The first-order chi connectivity index (χ1) is 46.9. The fourth-order valence-corrected chi connectivity index (χ4v) is 13.6. The minimum Gasteiger partial charge on any atom is -0.462 e. The molecule has 2 unspecified atom stereocenters. The molecule has 0 amide bonds. The highest BCUT2D eigenvalue weighted by Gasteiger charge is 2.30. The van der Waals surface area contributed by atoms with Gasteiger partial charge >= 0.3 is 39.5 Å². The van der Waals surface area contributed by atoms with Crippen molar-refractivity contribution in [2.75, 3.05) is 39.6 Å². The smallest absolute Gasteiger partial charge is 0.462 e. The molecule has 576 valence electrons. The van der Waals surface area contributed by atoms with Crippen molar-refractivity contribution in [3.05, 3.63) is 0 Å². The molecule has 19 heteroatoms. The van der Waals surface area contributed by atoms with Crippen LogP contribution in [0.15, 0.2) is 0 Å². The summed E-state index contributed by atoms with van der Waals surface area (Å²) in [5.74, 6) is -0.652. The molecular formula is C78H152O17P2. The number of esters is 4. The first-order valence-corrected chi connectivity index (χ1v) is 43.5. The zero-order valence-electron chi connectivity index (χ0n) is 63.4. The van der Waals surface area contributed by atoms with Crippen LogP contribution in [0, 0.1) is 11.8 Å². The Bertz CT molecular complexity index is 1870. The first kappa shape index (κ1) is 95.1. The van der Waals surface area contributed by atoms with Gasteiger partial charge in [-0.05, 0) is 37.5 Å². The summed E-state index contributed by atoms with van der Waals surface area (Å²) in [7, 11) is -9.91. The van der Waals surface area contributed by atoms with Crippen LogP contribution in [0.4, 0.5) is 0 Å².